The fourth-order valence-electron chi connectivity index (χ4n) is 1.80. The molecule has 0 aromatic carbocycles. The Morgan fingerprint density at radius 3 is 2.43 bits per heavy atom. The van der Waals surface area contributed by atoms with Crippen molar-refractivity contribution in [2.75, 3.05) is 18.2 Å². The Kier molecular flexibility index (Phi) is 6.07. The van der Waals surface area contributed by atoms with Crippen LogP contribution in [-0.2, 0) is 19.1 Å². The minimum atomic E-state index is -0.706. The fourth-order valence-corrected chi connectivity index (χ4v) is 2.70. The van der Waals surface area contributed by atoms with Crippen LogP contribution in [0.4, 0.5) is 0 Å². The van der Waals surface area contributed by atoms with Crippen LogP contribution in [0.5, 0.6) is 0 Å². The lowest BCUT2D eigenvalue weighted by Crippen LogP contribution is -2.50. The molecule has 0 bridgehead atoms. The van der Waals surface area contributed by atoms with E-state index < -0.39 is 17.6 Å². The maximum absolute atomic E-state index is 12.1. The summed E-state index contributed by atoms with van der Waals surface area (Å²) in [4.78, 5) is 37.1. The van der Waals surface area contributed by atoms with Gasteiger partial charge in [-0.3, -0.25) is 9.59 Å². The molecule has 21 heavy (non-hydrogen) atoms. The molecule has 0 aromatic heterocycles. The molecule has 1 saturated heterocycles. The minimum Gasteiger partial charge on any atom is -0.458 e. The first kappa shape index (κ1) is 17.8. The third-order valence-corrected chi connectivity index (χ3v) is 3.75. The van der Waals surface area contributed by atoms with Crippen LogP contribution in [0.25, 0.3) is 0 Å². The van der Waals surface area contributed by atoms with Gasteiger partial charge < -0.3 is 15.0 Å². The smallest absolute Gasteiger partial charge is 0.329 e. The highest BCUT2D eigenvalue weighted by atomic mass is 32.2. The van der Waals surface area contributed by atoms with Crippen LogP contribution in [0.2, 0.25) is 0 Å². The Morgan fingerprint density at radius 2 is 2.00 bits per heavy atom. The van der Waals surface area contributed by atoms with Gasteiger partial charge in [-0.1, -0.05) is 13.8 Å². The average molecular weight is 316 g/mol. The summed E-state index contributed by atoms with van der Waals surface area (Å²) in [7, 11) is 0. The Labute approximate surface area is 130 Å². The molecule has 7 heteroatoms. The zero-order valence-corrected chi connectivity index (χ0v) is 14.1. The standard InChI is InChI=1S/C14H24N2O4S/c1-9(2)12(13(19)20-14(3,4)5)15-10(17)6-16-8-21-7-11(16)18/h9,12H,6-8H2,1-5H3,(H,15,17)/t12-/m0/s1. The van der Waals surface area contributed by atoms with E-state index >= 15 is 0 Å². The minimum absolute atomic E-state index is 0.0160. The Hall–Kier alpha value is -1.24. The molecule has 0 radical (unpaired) electrons. The summed E-state index contributed by atoms with van der Waals surface area (Å²) >= 11 is 1.48. The van der Waals surface area contributed by atoms with Crippen molar-refractivity contribution in [1.29, 1.82) is 0 Å². The number of hydrogen-bond acceptors (Lipinski definition) is 5. The van der Waals surface area contributed by atoms with Crippen molar-refractivity contribution in [2.45, 2.75) is 46.3 Å². The summed E-state index contributed by atoms with van der Waals surface area (Å²) in [6.45, 7) is 9.01. The number of amides is 2. The van der Waals surface area contributed by atoms with Crippen LogP contribution in [0.15, 0.2) is 0 Å². The zero-order chi connectivity index (χ0) is 16.2. The van der Waals surface area contributed by atoms with Gasteiger partial charge in [0, 0.05) is 0 Å². The third kappa shape index (κ3) is 5.95. The van der Waals surface area contributed by atoms with E-state index in [1.54, 1.807) is 20.8 Å². The summed E-state index contributed by atoms with van der Waals surface area (Å²) in [5.41, 5.74) is -0.601. The molecule has 2 amide bonds. The highest BCUT2D eigenvalue weighted by Crippen LogP contribution is 2.15. The first-order valence-electron chi connectivity index (χ1n) is 6.98. The van der Waals surface area contributed by atoms with Gasteiger partial charge in [0.15, 0.2) is 0 Å². The van der Waals surface area contributed by atoms with E-state index in [-0.39, 0.29) is 24.3 Å². The van der Waals surface area contributed by atoms with Crippen molar-refractivity contribution in [3.63, 3.8) is 0 Å². The van der Waals surface area contributed by atoms with Gasteiger partial charge in [-0.15, -0.1) is 11.8 Å². The van der Waals surface area contributed by atoms with Gasteiger partial charge in [-0.2, -0.15) is 0 Å². The third-order valence-electron chi connectivity index (χ3n) is 2.80. The van der Waals surface area contributed by atoms with Gasteiger partial charge >= 0.3 is 5.97 Å². The monoisotopic (exact) mass is 316 g/mol. The molecule has 120 valence electrons. The molecule has 6 nitrogen and oxygen atoms in total. The molecule has 1 rings (SSSR count). The number of nitrogens with zero attached hydrogens (tertiary/aromatic N) is 1. The molecule has 1 atom stereocenters. The van der Waals surface area contributed by atoms with Crippen LogP contribution in [-0.4, -0.2) is 52.5 Å². The highest BCUT2D eigenvalue weighted by molar-refractivity contribution is 8.00. The molecule has 0 spiro atoms. The lowest BCUT2D eigenvalue weighted by atomic mass is 10.0. The lowest BCUT2D eigenvalue weighted by Gasteiger charge is -2.27. The molecule has 0 aliphatic carbocycles. The number of nitrogens with one attached hydrogen (secondary N) is 1. The zero-order valence-electron chi connectivity index (χ0n) is 13.3. The van der Waals surface area contributed by atoms with E-state index in [1.165, 1.54) is 16.7 Å². The lowest BCUT2D eigenvalue weighted by molar-refractivity contribution is -0.160. The molecule has 0 unspecified atom stereocenters. The van der Waals surface area contributed by atoms with Crippen molar-refractivity contribution in [3.05, 3.63) is 0 Å². The van der Waals surface area contributed by atoms with E-state index in [2.05, 4.69) is 5.32 Å². The van der Waals surface area contributed by atoms with Crippen molar-refractivity contribution in [3.8, 4) is 0 Å². The fraction of sp³-hybridized carbons (Fsp3) is 0.786. The summed E-state index contributed by atoms with van der Waals surface area (Å²) < 4.78 is 5.31. The molecule has 1 N–H and O–H groups in total. The largest absolute Gasteiger partial charge is 0.458 e. The Balaban J connectivity index is 2.59. The van der Waals surface area contributed by atoms with Crippen LogP contribution in [0.3, 0.4) is 0 Å². The number of rotatable bonds is 5. The first-order valence-corrected chi connectivity index (χ1v) is 8.13. The van der Waals surface area contributed by atoms with E-state index in [4.69, 9.17) is 4.74 Å². The highest BCUT2D eigenvalue weighted by Gasteiger charge is 2.30. The van der Waals surface area contributed by atoms with Gasteiger partial charge in [0.25, 0.3) is 0 Å². The second-order valence-electron chi connectivity index (χ2n) is 6.39. The van der Waals surface area contributed by atoms with E-state index in [1.807, 2.05) is 13.8 Å². The molecular formula is C14H24N2O4S. The van der Waals surface area contributed by atoms with Crippen LogP contribution < -0.4 is 5.32 Å². The number of carbonyl (C=O) groups is 3. The molecule has 1 aliphatic heterocycles. The second-order valence-corrected chi connectivity index (χ2v) is 7.35. The predicted molar refractivity (Wildman–Crippen MR) is 81.7 cm³/mol. The number of carbonyl (C=O) groups excluding carboxylic acids is 3. The summed E-state index contributed by atoms with van der Waals surface area (Å²) in [5.74, 6) is 0.00204. The normalized spacial score (nSPS) is 17.0. The quantitative estimate of drug-likeness (QED) is 0.766. The summed E-state index contributed by atoms with van der Waals surface area (Å²) in [6.07, 6.45) is 0. The molecule has 0 aromatic rings. The average Bonchev–Trinajstić information content (AvgIpc) is 2.69. The Bertz CT molecular complexity index is 418. The van der Waals surface area contributed by atoms with E-state index in [0.29, 0.717) is 11.6 Å². The van der Waals surface area contributed by atoms with Crippen LogP contribution >= 0.6 is 11.8 Å². The van der Waals surface area contributed by atoms with Crippen molar-refractivity contribution in [1.82, 2.24) is 10.2 Å². The van der Waals surface area contributed by atoms with Gasteiger partial charge in [-0.05, 0) is 26.7 Å². The first-order chi connectivity index (χ1) is 9.60. The summed E-state index contributed by atoms with van der Waals surface area (Å²) in [6, 6.07) is -0.706. The molecule has 1 aliphatic rings. The van der Waals surface area contributed by atoms with Gasteiger partial charge in [0.2, 0.25) is 11.8 Å². The van der Waals surface area contributed by atoms with Gasteiger partial charge in [-0.25, -0.2) is 4.79 Å². The topological polar surface area (TPSA) is 75.7 Å². The maximum Gasteiger partial charge on any atom is 0.329 e. The van der Waals surface area contributed by atoms with Crippen LogP contribution in [0, 0.1) is 5.92 Å². The van der Waals surface area contributed by atoms with Crippen molar-refractivity contribution < 1.29 is 19.1 Å². The SMILES string of the molecule is CC(C)[C@H](NC(=O)CN1CSCC1=O)C(=O)OC(C)(C)C. The molecule has 1 heterocycles. The van der Waals surface area contributed by atoms with Crippen molar-refractivity contribution >= 4 is 29.5 Å². The second kappa shape index (κ2) is 7.15. The Morgan fingerprint density at radius 1 is 1.38 bits per heavy atom. The predicted octanol–water partition coefficient (Wildman–Crippen LogP) is 1.00. The van der Waals surface area contributed by atoms with Gasteiger partial charge in [0.05, 0.1) is 11.6 Å². The van der Waals surface area contributed by atoms with Crippen molar-refractivity contribution in [2.24, 2.45) is 5.92 Å². The number of hydrogen-bond donors (Lipinski definition) is 1. The maximum atomic E-state index is 12.1. The number of thioether (sulfide) groups is 1. The number of ether oxygens (including phenoxy) is 1. The molecule has 0 saturated carbocycles. The number of esters is 1. The van der Waals surface area contributed by atoms with E-state index in [0.717, 1.165) is 0 Å². The van der Waals surface area contributed by atoms with Crippen LogP contribution in [0.1, 0.15) is 34.6 Å². The summed E-state index contributed by atoms with van der Waals surface area (Å²) in [5, 5.41) is 2.67. The molecule has 1 fully saturated rings. The molecular weight excluding hydrogens is 292 g/mol. The van der Waals surface area contributed by atoms with Gasteiger partial charge in [0.1, 0.15) is 18.2 Å². The van der Waals surface area contributed by atoms with E-state index in [9.17, 15) is 14.4 Å².